The second kappa shape index (κ2) is 5.11. The highest BCUT2D eigenvalue weighted by atomic mass is 19.4. The van der Waals surface area contributed by atoms with Crippen molar-refractivity contribution in [2.24, 2.45) is 0 Å². The van der Waals surface area contributed by atoms with Crippen LogP contribution in [0, 0.1) is 11.6 Å². The summed E-state index contributed by atoms with van der Waals surface area (Å²) in [5.74, 6) is -4.52. The van der Waals surface area contributed by atoms with Crippen LogP contribution >= 0.6 is 0 Å². The van der Waals surface area contributed by atoms with Gasteiger partial charge in [0.25, 0.3) is 0 Å². The Morgan fingerprint density at radius 1 is 0.850 bits per heavy atom. The first-order chi connectivity index (χ1) is 9.30. The van der Waals surface area contributed by atoms with Crippen molar-refractivity contribution >= 4 is 5.69 Å². The standard InChI is InChI=1S/C14H10F5N/c15-11-4-2-1-3-9(11)13(14(17,18)19)10-6-5-8(20)7-12(10)16/h1-7,13H,20H2. The van der Waals surface area contributed by atoms with Crippen LogP contribution < -0.4 is 5.73 Å². The second-order valence-electron chi connectivity index (χ2n) is 4.28. The zero-order valence-corrected chi connectivity index (χ0v) is 10.1. The fraction of sp³-hybridized carbons (Fsp3) is 0.143. The Hall–Kier alpha value is -2.11. The van der Waals surface area contributed by atoms with Crippen LogP contribution in [0.15, 0.2) is 42.5 Å². The van der Waals surface area contributed by atoms with E-state index < -0.39 is 34.9 Å². The summed E-state index contributed by atoms with van der Waals surface area (Å²) in [7, 11) is 0. The normalized spacial score (nSPS) is 13.2. The quantitative estimate of drug-likeness (QED) is 0.649. The third-order valence-corrected chi connectivity index (χ3v) is 2.88. The van der Waals surface area contributed by atoms with Crippen LogP contribution in [0.25, 0.3) is 0 Å². The number of nitrogens with two attached hydrogens (primary N) is 1. The molecule has 2 aromatic carbocycles. The van der Waals surface area contributed by atoms with Crippen molar-refractivity contribution in [1.29, 1.82) is 0 Å². The van der Waals surface area contributed by atoms with E-state index in [9.17, 15) is 22.0 Å². The Morgan fingerprint density at radius 2 is 1.45 bits per heavy atom. The average molecular weight is 287 g/mol. The van der Waals surface area contributed by atoms with Gasteiger partial charge in [-0.05, 0) is 18.2 Å². The van der Waals surface area contributed by atoms with E-state index in [1.54, 1.807) is 0 Å². The number of hydrogen-bond donors (Lipinski definition) is 1. The van der Waals surface area contributed by atoms with Crippen molar-refractivity contribution in [2.75, 3.05) is 5.73 Å². The molecule has 20 heavy (non-hydrogen) atoms. The maximum Gasteiger partial charge on any atom is 0.399 e. The number of nitrogen functional groups attached to an aromatic ring is 1. The minimum Gasteiger partial charge on any atom is -0.399 e. The summed E-state index contributed by atoms with van der Waals surface area (Å²) in [5.41, 5.74) is 4.03. The van der Waals surface area contributed by atoms with Crippen molar-refractivity contribution in [3.63, 3.8) is 0 Å². The molecule has 0 fully saturated rings. The molecule has 2 aromatic rings. The van der Waals surface area contributed by atoms with E-state index in [2.05, 4.69) is 0 Å². The monoisotopic (exact) mass is 287 g/mol. The van der Waals surface area contributed by atoms with E-state index >= 15 is 0 Å². The maximum atomic E-state index is 13.7. The molecule has 0 heterocycles. The van der Waals surface area contributed by atoms with Crippen LogP contribution in [0.3, 0.4) is 0 Å². The molecule has 0 amide bonds. The summed E-state index contributed by atoms with van der Waals surface area (Å²) in [6.45, 7) is 0. The zero-order chi connectivity index (χ0) is 14.9. The highest BCUT2D eigenvalue weighted by Gasteiger charge is 2.44. The van der Waals surface area contributed by atoms with Crippen LogP contribution in [0.5, 0.6) is 0 Å². The van der Waals surface area contributed by atoms with Crippen molar-refractivity contribution < 1.29 is 22.0 Å². The fourth-order valence-corrected chi connectivity index (χ4v) is 2.01. The number of hydrogen-bond acceptors (Lipinski definition) is 1. The number of rotatable bonds is 2. The fourth-order valence-electron chi connectivity index (χ4n) is 2.01. The largest absolute Gasteiger partial charge is 0.399 e. The predicted molar refractivity (Wildman–Crippen MR) is 65.1 cm³/mol. The third-order valence-electron chi connectivity index (χ3n) is 2.88. The lowest BCUT2D eigenvalue weighted by Gasteiger charge is -2.22. The lowest BCUT2D eigenvalue weighted by molar-refractivity contribution is -0.142. The van der Waals surface area contributed by atoms with Crippen LogP contribution in [0.4, 0.5) is 27.6 Å². The molecule has 1 nitrogen and oxygen atoms in total. The summed E-state index contributed by atoms with van der Waals surface area (Å²) in [4.78, 5) is 0. The molecule has 0 radical (unpaired) electrons. The number of halogens is 5. The molecule has 1 unspecified atom stereocenters. The van der Waals surface area contributed by atoms with Gasteiger partial charge in [0.15, 0.2) is 0 Å². The first-order valence-electron chi connectivity index (χ1n) is 5.66. The third kappa shape index (κ3) is 2.74. The van der Waals surface area contributed by atoms with Crippen molar-refractivity contribution in [3.8, 4) is 0 Å². The summed E-state index contributed by atoms with van der Waals surface area (Å²) >= 11 is 0. The van der Waals surface area contributed by atoms with Gasteiger partial charge in [-0.1, -0.05) is 24.3 Å². The molecule has 0 aliphatic carbocycles. The Kier molecular flexibility index (Phi) is 3.65. The molecule has 0 aliphatic rings. The van der Waals surface area contributed by atoms with Crippen LogP contribution in [0.1, 0.15) is 17.0 Å². The van der Waals surface area contributed by atoms with Gasteiger partial charge in [0.2, 0.25) is 0 Å². The SMILES string of the molecule is Nc1ccc(C(c2ccccc2F)C(F)(F)F)c(F)c1. The first kappa shape index (κ1) is 14.3. The van der Waals surface area contributed by atoms with Crippen molar-refractivity contribution in [3.05, 3.63) is 65.2 Å². The molecule has 0 bridgehead atoms. The van der Waals surface area contributed by atoms with Gasteiger partial charge in [-0.3, -0.25) is 0 Å². The van der Waals surface area contributed by atoms with Gasteiger partial charge in [-0.15, -0.1) is 0 Å². The number of alkyl halides is 3. The minimum absolute atomic E-state index is 0.000656. The van der Waals surface area contributed by atoms with Gasteiger partial charge in [0.1, 0.15) is 17.6 Å². The summed E-state index contributed by atoms with van der Waals surface area (Å²) in [6.07, 6.45) is -4.82. The molecular weight excluding hydrogens is 277 g/mol. The van der Waals surface area contributed by atoms with E-state index in [0.717, 1.165) is 30.3 Å². The van der Waals surface area contributed by atoms with Gasteiger partial charge >= 0.3 is 6.18 Å². The Morgan fingerprint density at radius 3 is 2.00 bits per heavy atom. The highest BCUT2D eigenvalue weighted by Crippen LogP contribution is 2.42. The van der Waals surface area contributed by atoms with Gasteiger partial charge in [-0.25, -0.2) is 8.78 Å². The topological polar surface area (TPSA) is 26.0 Å². The average Bonchev–Trinajstić information content (AvgIpc) is 2.33. The van der Waals surface area contributed by atoms with Crippen LogP contribution in [0.2, 0.25) is 0 Å². The zero-order valence-electron chi connectivity index (χ0n) is 10.1. The van der Waals surface area contributed by atoms with Crippen LogP contribution in [-0.2, 0) is 0 Å². The maximum absolute atomic E-state index is 13.7. The molecule has 106 valence electrons. The molecule has 0 saturated carbocycles. The van der Waals surface area contributed by atoms with Crippen molar-refractivity contribution in [2.45, 2.75) is 12.1 Å². The van der Waals surface area contributed by atoms with Gasteiger partial charge in [0.05, 0.1) is 0 Å². The van der Waals surface area contributed by atoms with E-state index in [-0.39, 0.29) is 5.69 Å². The van der Waals surface area contributed by atoms with E-state index in [0.29, 0.717) is 0 Å². The Balaban J connectivity index is 2.63. The molecule has 2 N–H and O–H groups in total. The number of benzene rings is 2. The van der Waals surface area contributed by atoms with Gasteiger partial charge in [0, 0.05) is 16.8 Å². The second-order valence-corrected chi connectivity index (χ2v) is 4.28. The smallest absolute Gasteiger partial charge is 0.399 e. The predicted octanol–water partition coefficient (Wildman–Crippen LogP) is 4.24. The molecule has 1 atom stereocenters. The van der Waals surface area contributed by atoms with E-state index in [4.69, 9.17) is 5.73 Å². The minimum atomic E-state index is -4.82. The lowest BCUT2D eigenvalue weighted by atomic mass is 9.89. The molecule has 2 rings (SSSR count). The molecule has 0 aliphatic heterocycles. The van der Waals surface area contributed by atoms with Gasteiger partial charge in [-0.2, -0.15) is 13.2 Å². The highest BCUT2D eigenvalue weighted by molar-refractivity contribution is 5.44. The van der Waals surface area contributed by atoms with Crippen LogP contribution in [-0.4, -0.2) is 6.18 Å². The Labute approximate surface area is 111 Å². The van der Waals surface area contributed by atoms with E-state index in [1.165, 1.54) is 12.1 Å². The molecule has 6 heteroatoms. The summed E-state index contributed by atoms with van der Waals surface area (Å²) in [6, 6.07) is 7.30. The lowest BCUT2D eigenvalue weighted by Crippen LogP contribution is -2.24. The van der Waals surface area contributed by atoms with Gasteiger partial charge < -0.3 is 5.73 Å². The Bertz CT molecular complexity index is 621. The summed E-state index contributed by atoms with van der Waals surface area (Å²) in [5, 5.41) is 0. The summed E-state index contributed by atoms with van der Waals surface area (Å²) < 4.78 is 66.9. The number of anilines is 1. The molecule has 0 saturated heterocycles. The van der Waals surface area contributed by atoms with Crippen molar-refractivity contribution in [1.82, 2.24) is 0 Å². The first-order valence-corrected chi connectivity index (χ1v) is 5.66. The molecule has 0 spiro atoms. The molecule has 0 aromatic heterocycles. The molecular formula is C14H10F5N. The van der Waals surface area contributed by atoms with E-state index in [1.807, 2.05) is 0 Å².